The minimum Gasteiger partial charge on any atom is -0.380 e. The van der Waals surface area contributed by atoms with Crippen molar-refractivity contribution in [3.63, 3.8) is 0 Å². The zero-order valence-corrected chi connectivity index (χ0v) is 11.9. The van der Waals surface area contributed by atoms with Crippen LogP contribution >= 0.6 is 10.7 Å². The summed E-state index contributed by atoms with van der Waals surface area (Å²) < 4.78 is 27.6. The monoisotopic (exact) mass is 291 g/mol. The molecule has 0 N–H and O–H groups in total. The molecule has 1 aromatic carbocycles. The minimum atomic E-state index is -3.88. The van der Waals surface area contributed by atoms with Crippen LogP contribution in [0.3, 0.4) is 0 Å². The standard InChI is InChI=1S/C11H14ClNO4S/c1-13(2)11(14)9-4-8(7-17-3)5-10(6-9)18(12,15)16/h4-6H,7H2,1-3H3. The van der Waals surface area contributed by atoms with Gasteiger partial charge in [-0.1, -0.05) is 0 Å². The molecule has 0 saturated heterocycles. The van der Waals surface area contributed by atoms with E-state index < -0.39 is 9.05 Å². The first-order valence-corrected chi connectivity index (χ1v) is 7.36. The maximum absolute atomic E-state index is 11.8. The first-order chi connectivity index (χ1) is 8.25. The van der Waals surface area contributed by atoms with Crippen molar-refractivity contribution in [2.75, 3.05) is 21.2 Å². The van der Waals surface area contributed by atoms with Crippen LogP contribution in [0.4, 0.5) is 0 Å². The van der Waals surface area contributed by atoms with E-state index in [0.29, 0.717) is 5.56 Å². The SMILES string of the molecule is COCc1cc(C(=O)N(C)C)cc(S(=O)(=O)Cl)c1. The quantitative estimate of drug-likeness (QED) is 0.788. The van der Waals surface area contributed by atoms with Gasteiger partial charge in [0.05, 0.1) is 11.5 Å². The highest BCUT2D eigenvalue weighted by molar-refractivity contribution is 8.13. The van der Waals surface area contributed by atoms with Crippen molar-refractivity contribution in [1.29, 1.82) is 0 Å². The average molecular weight is 292 g/mol. The van der Waals surface area contributed by atoms with Gasteiger partial charge in [0.25, 0.3) is 15.0 Å². The summed E-state index contributed by atoms with van der Waals surface area (Å²) in [6.45, 7) is 0.202. The molecule has 1 amide bonds. The van der Waals surface area contributed by atoms with E-state index in [4.69, 9.17) is 15.4 Å². The molecule has 0 atom stereocenters. The number of carbonyl (C=O) groups is 1. The predicted octanol–water partition coefficient (Wildman–Crippen LogP) is 1.46. The van der Waals surface area contributed by atoms with Crippen molar-refractivity contribution < 1.29 is 17.9 Å². The van der Waals surface area contributed by atoms with Crippen molar-refractivity contribution in [2.45, 2.75) is 11.5 Å². The summed E-state index contributed by atoms with van der Waals surface area (Å²) in [5.41, 5.74) is 0.832. The fourth-order valence-electron chi connectivity index (χ4n) is 1.43. The lowest BCUT2D eigenvalue weighted by atomic mass is 10.1. The Morgan fingerprint density at radius 2 is 1.94 bits per heavy atom. The highest BCUT2D eigenvalue weighted by Gasteiger charge is 2.16. The number of hydrogen-bond acceptors (Lipinski definition) is 4. The highest BCUT2D eigenvalue weighted by atomic mass is 35.7. The predicted molar refractivity (Wildman–Crippen MR) is 68.2 cm³/mol. The van der Waals surface area contributed by atoms with Crippen LogP contribution in [0.25, 0.3) is 0 Å². The smallest absolute Gasteiger partial charge is 0.261 e. The minimum absolute atomic E-state index is 0.107. The molecule has 0 aromatic heterocycles. The van der Waals surface area contributed by atoms with Crippen LogP contribution in [-0.2, 0) is 20.4 Å². The van der Waals surface area contributed by atoms with Crippen LogP contribution in [0, 0.1) is 0 Å². The van der Waals surface area contributed by atoms with Gasteiger partial charge < -0.3 is 9.64 Å². The third kappa shape index (κ3) is 3.69. The zero-order chi connectivity index (χ0) is 13.9. The summed E-state index contributed by atoms with van der Waals surface area (Å²) in [5.74, 6) is -0.297. The molecule has 7 heteroatoms. The van der Waals surface area contributed by atoms with Gasteiger partial charge in [0.15, 0.2) is 0 Å². The number of hydrogen-bond donors (Lipinski definition) is 0. The van der Waals surface area contributed by atoms with E-state index in [9.17, 15) is 13.2 Å². The number of amides is 1. The zero-order valence-electron chi connectivity index (χ0n) is 10.3. The molecular weight excluding hydrogens is 278 g/mol. The summed E-state index contributed by atoms with van der Waals surface area (Å²) in [5, 5.41) is 0. The molecule has 0 fully saturated rings. The highest BCUT2D eigenvalue weighted by Crippen LogP contribution is 2.20. The lowest BCUT2D eigenvalue weighted by Gasteiger charge is -2.12. The van der Waals surface area contributed by atoms with Crippen molar-refractivity contribution in [1.82, 2.24) is 4.90 Å². The van der Waals surface area contributed by atoms with Crippen LogP contribution in [-0.4, -0.2) is 40.4 Å². The Kier molecular flexibility index (Phi) is 4.72. The molecule has 0 aliphatic carbocycles. The Labute approximate surface area is 111 Å². The molecule has 0 heterocycles. The van der Waals surface area contributed by atoms with E-state index in [1.165, 1.54) is 24.1 Å². The number of carbonyl (C=O) groups excluding carboxylic acids is 1. The molecule has 5 nitrogen and oxygen atoms in total. The summed E-state index contributed by atoms with van der Waals surface area (Å²) in [6, 6.07) is 4.22. The molecular formula is C11H14ClNO4S. The second-order valence-electron chi connectivity index (χ2n) is 3.94. The van der Waals surface area contributed by atoms with Gasteiger partial charge in [0, 0.05) is 37.5 Å². The Bertz CT molecular complexity index is 554. The first kappa shape index (κ1) is 14.9. The second kappa shape index (κ2) is 5.69. The van der Waals surface area contributed by atoms with Crippen molar-refractivity contribution in [3.05, 3.63) is 29.3 Å². The largest absolute Gasteiger partial charge is 0.380 e. The lowest BCUT2D eigenvalue weighted by molar-refractivity contribution is 0.0827. The molecule has 1 rings (SSSR count). The maximum atomic E-state index is 11.8. The lowest BCUT2D eigenvalue weighted by Crippen LogP contribution is -2.22. The fourth-order valence-corrected chi connectivity index (χ4v) is 2.26. The van der Waals surface area contributed by atoms with Crippen molar-refractivity contribution in [2.24, 2.45) is 0 Å². The number of methoxy groups -OCH3 is 1. The molecule has 0 radical (unpaired) electrons. The molecule has 0 spiro atoms. The number of nitrogens with zero attached hydrogens (tertiary/aromatic N) is 1. The summed E-state index contributed by atoms with van der Waals surface area (Å²) in [4.78, 5) is 13.1. The van der Waals surface area contributed by atoms with E-state index in [-0.39, 0.29) is 23.0 Å². The van der Waals surface area contributed by atoms with Gasteiger partial charge in [0.1, 0.15) is 0 Å². The molecule has 0 saturated carbocycles. The van der Waals surface area contributed by atoms with Gasteiger partial charge in [-0.25, -0.2) is 8.42 Å². The third-order valence-electron chi connectivity index (χ3n) is 2.21. The normalized spacial score (nSPS) is 11.3. The fraction of sp³-hybridized carbons (Fsp3) is 0.364. The number of rotatable bonds is 4. The van der Waals surface area contributed by atoms with E-state index in [0.717, 1.165) is 0 Å². The number of halogens is 1. The maximum Gasteiger partial charge on any atom is 0.261 e. The topological polar surface area (TPSA) is 63.7 Å². The van der Waals surface area contributed by atoms with Crippen LogP contribution in [0.1, 0.15) is 15.9 Å². The second-order valence-corrected chi connectivity index (χ2v) is 6.50. The first-order valence-electron chi connectivity index (χ1n) is 5.05. The van der Waals surface area contributed by atoms with Gasteiger partial charge in [0.2, 0.25) is 0 Å². The van der Waals surface area contributed by atoms with Crippen molar-refractivity contribution in [3.8, 4) is 0 Å². The van der Waals surface area contributed by atoms with Crippen LogP contribution < -0.4 is 0 Å². The summed E-state index contributed by atoms with van der Waals surface area (Å²) >= 11 is 0. The van der Waals surface area contributed by atoms with Gasteiger partial charge in [-0.3, -0.25) is 4.79 Å². The van der Waals surface area contributed by atoms with Crippen molar-refractivity contribution >= 4 is 25.6 Å². The van der Waals surface area contributed by atoms with E-state index in [1.54, 1.807) is 20.2 Å². The van der Waals surface area contributed by atoms with Crippen LogP contribution in [0.2, 0.25) is 0 Å². The number of benzene rings is 1. The van der Waals surface area contributed by atoms with E-state index >= 15 is 0 Å². The van der Waals surface area contributed by atoms with E-state index in [1.807, 2.05) is 0 Å². The van der Waals surface area contributed by atoms with Gasteiger partial charge in [-0.05, 0) is 23.8 Å². The van der Waals surface area contributed by atoms with E-state index in [2.05, 4.69) is 0 Å². The van der Waals surface area contributed by atoms with Crippen LogP contribution in [0.5, 0.6) is 0 Å². The Hall–Kier alpha value is -1.11. The Morgan fingerprint density at radius 1 is 1.33 bits per heavy atom. The Morgan fingerprint density at radius 3 is 2.39 bits per heavy atom. The van der Waals surface area contributed by atoms with Gasteiger partial charge in [-0.15, -0.1) is 0 Å². The van der Waals surface area contributed by atoms with Gasteiger partial charge in [-0.2, -0.15) is 0 Å². The summed E-state index contributed by atoms with van der Waals surface area (Å²) in [6.07, 6.45) is 0. The molecule has 0 aliphatic rings. The average Bonchev–Trinajstić information content (AvgIpc) is 2.26. The molecule has 0 bridgehead atoms. The molecule has 0 unspecified atom stereocenters. The Balaban J connectivity index is 3.36. The number of ether oxygens (including phenoxy) is 1. The van der Waals surface area contributed by atoms with Crippen LogP contribution in [0.15, 0.2) is 23.1 Å². The molecule has 0 aliphatic heterocycles. The van der Waals surface area contributed by atoms with Gasteiger partial charge >= 0.3 is 0 Å². The third-order valence-corrected chi connectivity index (χ3v) is 3.55. The molecule has 100 valence electrons. The summed E-state index contributed by atoms with van der Waals surface area (Å²) in [7, 11) is 6.06. The molecule has 18 heavy (non-hydrogen) atoms. The molecule has 1 aromatic rings.